The Morgan fingerprint density at radius 2 is 2.23 bits per heavy atom. The van der Waals surface area contributed by atoms with Crippen LogP contribution in [-0.2, 0) is 0 Å². The van der Waals surface area contributed by atoms with E-state index in [0.29, 0.717) is 20.3 Å². The molecule has 13 heavy (non-hydrogen) atoms. The summed E-state index contributed by atoms with van der Waals surface area (Å²) in [6.07, 6.45) is 2.16. The third kappa shape index (κ3) is 2.16. The standard InChI is InChI=1S/C8H7Cl2NOS/c9-5-3-6(13-7(5)10)8(12)11-4-1-2-4/h3-4H,1-2H2,(H,11,12). The molecule has 1 aromatic rings. The van der Waals surface area contributed by atoms with Crippen LogP contribution in [0.4, 0.5) is 0 Å². The zero-order chi connectivity index (χ0) is 9.42. The zero-order valence-corrected chi connectivity index (χ0v) is 8.97. The predicted octanol–water partition coefficient (Wildman–Crippen LogP) is 2.95. The Labute approximate surface area is 89.8 Å². The van der Waals surface area contributed by atoms with Crippen LogP contribution in [0.1, 0.15) is 22.5 Å². The summed E-state index contributed by atoms with van der Waals surface area (Å²) in [4.78, 5) is 12.0. The van der Waals surface area contributed by atoms with Gasteiger partial charge in [0.2, 0.25) is 0 Å². The topological polar surface area (TPSA) is 29.1 Å². The molecule has 5 heteroatoms. The second-order valence-electron chi connectivity index (χ2n) is 2.98. The van der Waals surface area contributed by atoms with Gasteiger partial charge in [0.25, 0.3) is 5.91 Å². The van der Waals surface area contributed by atoms with E-state index in [9.17, 15) is 4.79 Å². The molecule has 0 aromatic carbocycles. The second kappa shape index (κ2) is 3.48. The number of hydrogen-bond donors (Lipinski definition) is 1. The van der Waals surface area contributed by atoms with E-state index < -0.39 is 0 Å². The van der Waals surface area contributed by atoms with Crippen molar-refractivity contribution in [3.05, 3.63) is 20.3 Å². The highest BCUT2D eigenvalue weighted by Crippen LogP contribution is 2.32. The maximum Gasteiger partial charge on any atom is 0.261 e. The van der Waals surface area contributed by atoms with E-state index in [-0.39, 0.29) is 5.91 Å². The molecule has 1 saturated carbocycles. The number of rotatable bonds is 2. The van der Waals surface area contributed by atoms with Crippen molar-refractivity contribution in [2.75, 3.05) is 0 Å². The highest BCUT2D eigenvalue weighted by atomic mass is 35.5. The molecule has 1 heterocycles. The van der Waals surface area contributed by atoms with Crippen LogP contribution in [0.2, 0.25) is 9.36 Å². The number of hydrogen-bond acceptors (Lipinski definition) is 2. The van der Waals surface area contributed by atoms with E-state index in [1.54, 1.807) is 6.07 Å². The van der Waals surface area contributed by atoms with Crippen molar-refractivity contribution in [2.45, 2.75) is 18.9 Å². The van der Waals surface area contributed by atoms with Gasteiger partial charge in [-0.2, -0.15) is 0 Å². The Hall–Kier alpha value is -0.250. The van der Waals surface area contributed by atoms with Gasteiger partial charge in [0, 0.05) is 6.04 Å². The molecule has 70 valence electrons. The van der Waals surface area contributed by atoms with Gasteiger partial charge in [-0.1, -0.05) is 23.2 Å². The first-order valence-corrected chi connectivity index (χ1v) is 5.50. The molecule has 0 saturated heterocycles. The minimum Gasteiger partial charge on any atom is -0.349 e. The zero-order valence-electron chi connectivity index (χ0n) is 6.64. The van der Waals surface area contributed by atoms with Gasteiger partial charge >= 0.3 is 0 Å². The highest BCUT2D eigenvalue weighted by molar-refractivity contribution is 7.18. The lowest BCUT2D eigenvalue weighted by molar-refractivity contribution is 0.0955. The van der Waals surface area contributed by atoms with E-state index in [1.165, 1.54) is 11.3 Å². The minimum atomic E-state index is -0.0682. The van der Waals surface area contributed by atoms with Crippen molar-refractivity contribution in [3.8, 4) is 0 Å². The fourth-order valence-corrected chi connectivity index (χ4v) is 2.21. The number of halogens is 2. The molecule has 0 atom stereocenters. The first kappa shape index (κ1) is 9.31. The van der Waals surface area contributed by atoms with E-state index in [4.69, 9.17) is 23.2 Å². The first-order valence-electron chi connectivity index (χ1n) is 3.92. The SMILES string of the molecule is O=C(NC1CC1)c1cc(Cl)c(Cl)s1. The second-order valence-corrected chi connectivity index (χ2v) is 5.04. The number of nitrogens with one attached hydrogen (secondary N) is 1. The molecule has 0 spiro atoms. The predicted molar refractivity (Wildman–Crippen MR) is 54.8 cm³/mol. The van der Waals surface area contributed by atoms with Crippen LogP contribution in [0.15, 0.2) is 6.07 Å². The van der Waals surface area contributed by atoms with Crippen molar-refractivity contribution < 1.29 is 4.79 Å². The smallest absolute Gasteiger partial charge is 0.261 e. The quantitative estimate of drug-likeness (QED) is 0.840. The number of thiophene rings is 1. The summed E-state index contributed by atoms with van der Waals surface area (Å²) >= 11 is 12.7. The van der Waals surface area contributed by atoms with Gasteiger partial charge in [0.1, 0.15) is 4.34 Å². The fraction of sp³-hybridized carbons (Fsp3) is 0.375. The van der Waals surface area contributed by atoms with Gasteiger partial charge in [-0.05, 0) is 18.9 Å². The van der Waals surface area contributed by atoms with Crippen LogP contribution >= 0.6 is 34.5 Å². The van der Waals surface area contributed by atoms with Crippen molar-refractivity contribution >= 4 is 40.4 Å². The molecule has 2 nitrogen and oxygen atoms in total. The maximum atomic E-state index is 11.4. The first-order chi connectivity index (χ1) is 6.16. The molecule has 0 bridgehead atoms. The monoisotopic (exact) mass is 235 g/mol. The molecule has 1 fully saturated rings. The van der Waals surface area contributed by atoms with E-state index in [2.05, 4.69) is 5.32 Å². The minimum absolute atomic E-state index is 0.0682. The number of amides is 1. The average molecular weight is 236 g/mol. The largest absolute Gasteiger partial charge is 0.349 e. The molecule has 0 aliphatic heterocycles. The molecule has 1 amide bonds. The lowest BCUT2D eigenvalue weighted by atomic mass is 10.4. The molecular formula is C8H7Cl2NOS. The van der Waals surface area contributed by atoms with Gasteiger partial charge in [-0.15, -0.1) is 11.3 Å². The molecule has 1 aromatic heterocycles. The number of carbonyl (C=O) groups is 1. The van der Waals surface area contributed by atoms with Gasteiger partial charge in [-0.3, -0.25) is 4.79 Å². The molecule has 0 unspecified atom stereocenters. The van der Waals surface area contributed by atoms with Crippen molar-refractivity contribution in [3.63, 3.8) is 0 Å². The normalized spacial score (nSPS) is 15.8. The molecular weight excluding hydrogens is 229 g/mol. The molecule has 2 rings (SSSR count). The summed E-state index contributed by atoms with van der Waals surface area (Å²) in [5.41, 5.74) is 0. The van der Waals surface area contributed by atoms with E-state index in [1.807, 2.05) is 0 Å². The van der Waals surface area contributed by atoms with Gasteiger partial charge in [-0.25, -0.2) is 0 Å². The van der Waals surface area contributed by atoms with Crippen LogP contribution in [0.3, 0.4) is 0 Å². The van der Waals surface area contributed by atoms with Gasteiger partial charge < -0.3 is 5.32 Å². The summed E-state index contributed by atoms with van der Waals surface area (Å²) in [7, 11) is 0. The van der Waals surface area contributed by atoms with Crippen molar-refractivity contribution in [2.24, 2.45) is 0 Å². The maximum absolute atomic E-state index is 11.4. The molecule has 0 radical (unpaired) electrons. The summed E-state index contributed by atoms with van der Waals surface area (Å²) in [5.74, 6) is -0.0682. The molecule has 1 aliphatic rings. The summed E-state index contributed by atoms with van der Waals surface area (Å²) < 4.78 is 0.475. The Bertz CT molecular complexity index is 326. The van der Waals surface area contributed by atoms with E-state index in [0.717, 1.165) is 12.8 Å². The Balaban J connectivity index is 2.09. The third-order valence-electron chi connectivity index (χ3n) is 1.78. The van der Waals surface area contributed by atoms with Crippen LogP contribution in [0.25, 0.3) is 0 Å². The van der Waals surface area contributed by atoms with Crippen LogP contribution in [-0.4, -0.2) is 11.9 Å². The van der Waals surface area contributed by atoms with Crippen LogP contribution in [0.5, 0.6) is 0 Å². The highest BCUT2D eigenvalue weighted by Gasteiger charge is 2.24. The van der Waals surface area contributed by atoms with Crippen molar-refractivity contribution in [1.82, 2.24) is 5.32 Å². The summed E-state index contributed by atoms with van der Waals surface area (Å²) in [5, 5.41) is 3.32. The van der Waals surface area contributed by atoms with Gasteiger partial charge in [0.15, 0.2) is 0 Å². The van der Waals surface area contributed by atoms with Crippen molar-refractivity contribution in [1.29, 1.82) is 0 Å². The van der Waals surface area contributed by atoms with E-state index >= 15 is 0 Å². The third-order valence-corrected chi connectivity index (χ3v) is 3.65. The molecule has 1 N–H and O–H groups in total. The Kier molecular flexibility index (Phi) is 2.49. The number of carbonyl (C=O) groups excluding carboxylic acids is 1. The van der Waals surface area contributed by atoms with Crippen LogP contribution in [0, 0.1) is 0 Å². The summed E-state index contributed by atoms with van der Waals surface area (Å²) in [6, 6.07) is 1.97. The van der Waals surface area contributed by atoms with Crippen LogP contribution < -0.4 is 5.32 Å². The Morgan fingerprint density at radius 1 is 1.54 bits per heavy atom. The fourth-order valence-electron chi connectivity index (χ4n) is 0.943. The molecule has 1 aliphatic carbocycles. The summed E-state index contributed by atoms with van der Waals surface area (Å²) in [6.45, 7) is 0. The lowest BCUT2D eigenvalue weighted by Gasteiger charge is -1.98. The average Bonchev–Trinajstić information content (AvgIpc) is 2.81. The lowest BCUT2D eigenvalue weighted by Crippen LogP contribution is -2.24. The van der Waals surface area contributed by atoms with Gasteiger partial charge in [0.05, 0.1) is 9.90 Å². The Morgan fingerprint density at radius 3 is 2.69 bits per heavy atom.